The highest BCUT2D eigenvalue weighted by molar-refractivity contribution is 8.24. The van der Waals surface area contributed by atoms with E-state index in [-0.39, 0.29) is 22.9 Å². The normalized spacial score (nSPS) is 15.4. The standard InChI is InChI=1S/C12H8N2O3S2/c1-5-7(15)10-11(8(16)9(5)17-3)19-12(18-10)6(4-13)14-2/h15-16H,1,3H3/b12-6+. The van der Waals surface area contributed by atoms with Crippen LogP contribution >= 0.6 is 23.5 Å². The molecule has 2 rings (SSSR count). The Morgan fingerprint density at radius 2 is 1.89 bits per heavy atom. The summed E-state index contributed by atoms with van der Waals surface area (Å²) in [5, 5.41) is 29.1. The fourth-order valence-corrected chi connectivity index (χ4v) is 4.11. The molecule has 5 nitrogen and oxygen atoms in total. The number of nitrogens with zero attached hydrogens (tertiary/aromatic N) is 2. The third-order valence-corrected chi connectivity index (χ3v) is 5.14. The number of phenolic OH excluding ortho intramolecular Hbond substituents is 2. The Balaban J connectivity index is 2.67. The van der Waals surface area contributed by atoms with Gasteiger partial charge in [-0.3, -0.25) is 0 Å². The van der Waals surface area contributed by atoms with Crippen molar-refractivity contribution in [1.29, 1.82) is 5.26 Å². The summed E-state index contributed by atoms with van der Waals surface area (Å²) in [5.41, 5.74) is 0.371. The van der Waals surface area contributed by atoms with Crippen molar-refractivity contribution in [2.45, 2.75) is 16.7 Å². The summed E-state index contributed by atoms with van der Waals surface area (Å²) in [7, 11) is 1.40. The van der Waals surface area contributed by atoms with E-state index in [4.69, 9.17) is 16.6 Å². The van der Waals surface area contributed by atoms with E-state index in [0.29, 0.717) is 19.6 Å². The summed E-state index contributed by atoms with van der Waals surface area (Å²) < 4.78 is 5.51. The molecule has 0 saturated carbocycles. The molecule has 0 bridgehead atoms. The molecular formula is C12H8N2O3S2. The SMILES string of the molecule is [C-]#[N+]/C(C#N)=C1\Sc2c(O)c(C)c(OC)c(O)c2S1. The summed E-state index contributed by atoms with van der Waals surface area (Å²) in [6.07, 6.45) is 0. The number of aromatic hydroxyl groups is 2. The van der Waals surface area contributed by atoms with E-state index in [1.54, 1.807) is 13.0 Å². The molecule has 1 aromatic carbocycles. The zero-order chi connectivity index (χ0) is 14.2. The van der Waals surface area contributed by atoms with E-state index in [1.807, 2.05) is 0 Å². The summed E-state index contributed by atoms with van der Waals surface area (Å²) in [6.45, 7) is 8.55. The van der Waals surface area contributed by atoms with Crippen LogP contribution in [0.2, 0.25) is 0 Å². The van der Waals surface area contributed by atoms with Crippen LogP contribution in [0.4, 0.5) is 0 Å². The van der Waals surface area contributed by atoms with Crippen LogP contribution in [0.15, 0.2) is 19.7 Å². The van der Waals surface area contributed by atoms with Crippen LogP contribution in [-0.4, -0.2) is 17.3 Å². The molecule has 7 heteroatoms. The summed E-state index contributed by atoms with van der Waals surface area (Å²) in [5.74, 6) is 0.119. The lowest BCUT2D eigenvalue weighted by molar-refractivity contribution is 0.354. The third-order valence-electron chi connectivity index (χ3n) is 2.55. The number of thioether (sulfide) groups is 2. The van der Waals surface area contributed by atoms with Gasteiger partial charge in [0.05, 0.1) is 33.8 Å². The average molecular weight is 292 g/mol. The van der Waals surface area contributed by atoms with E-state index in [0.717, 1.165) is 23.5 Å². The van der Waals surface area contributed by atoms with Gasteiger partial charge in [0.2, 0.25) is 0 Å². The summed E-state index contributed by atoms with van der Waals surface area (Å²) in [4.78, 5) is 3.99. The molecule has 0 fully saturated rings. The van der Waals surface area contributed by atoms with Gasteiger partial charge >= 0.3 is 0 Å². The van der Waals surface area contributed by atoms with Gasteiger partial charge in [-0.15, -0.1) is 0 Å². The zero-order valence-corrected chi connectivity index (χ0v) is 11.6. The largest absolute Gasteiger partial charge is 0.506 e. The molecule has 19 heavy (non-hydrogen) atoms. The van der Waals surface area contributed by atoms with Crippen molar-refractivity contribution in [2.24, 2.45) is 0 Å². The zero-order valence-electron chi connectivity index (χ0n) is 10.0. The predicted octanol–water partition coefficient (Wildman–Crippen LogP) is 3.22. The number of hydrogen-bond acceptors (Lipinski definition) is 6. The fourth-order valence-electron chi connectivity index (χ4n) is 1.63. The molecule has 0 radical (unpaired) electrons. The first-order valence-electron chi connectivity index (χ1n) is 5.05. The van der Waals surface area contributed by atoms with Gasteiger partial charge in [0.1, 0.15) is 5.75 Å². The number of phenols is 2. The smallest absolute Gasteiger partial charge is 0.282 e. The van der Waals surface area contributed by atoms with E-state index in [2.05, 4.69) is 4.85 Å². The van der Waals surface area contributed by atoms with Gasteiger partial charge in [-0.2, -0.15) is 0 Å². The highest BCUT2D eigenvalue weighted by atomic mass is 32.2. The average Bonchev–Trinajstić information content (AvgIpc) is 2.84. The lowest BCUT2D eigenvalue weighted by Gasteiger charge is -2.12. The molecule has 0 aromatic heterocycles. The van der Waals surface area contributed by atoms with Crippen LogP contribution < -0.4 is 4.74 Å². The van der Waals surface area contributed by atoms with Crippen molar-refractivity contribution in [3.8, 4) is 23.3 Å². The molecule has 1 aromatic rings. The molecular weight excluding hydrogens is 284 g/mol. The second-order valence-corrected chi connectivity index (χ2v) is 5.88. The number of nitriles is 1. The Morgan fingerprint density at radius 1 is 1.32 bits per heavy atom. The second-order valence-electron chi connectivity index (χ2n) is 3.58. The van der Waals surface area contributed by atoms with Gasteiger partial charge in [0, 0.05) is 5.56 Å². The molecule has 0 amide bonds. The van der Waals surface area contributed by atoms with Crippen LogP contribution in [0, 0.1) is 24.8 Å². The van der Waals surface area contributed by atoms with Crippen LogP contribution in [0.3, 0.4) is 0 Å². The van der Waals surface area contributed by atoms with E-state index in [9.17, 15) is 10.2 Å². The van der Waals surface area contributed by atoms with Crippen molar-refractivity contribution in [3.05, 3.63) is 26.9 Å². The highest BCUT2D eigenvalue weighted by Crippen LogP contribution is 2.61. The number of fused-ring (bicyclic) bond motifs is 1. The van der Waals surface area contributed by atoms with E-state index in [1.165, 1.54) is 7.11 Å². The Morgan fingerprint density at radius 3 is 2.37 bits per heavy atom. The number of benzene rings is 1. The maximum Gasteiger partial charge on any atom is 0.282 e. The second kappa shape index (κ2) is 4.96. The van der Waals surface area contributed by atoms with Crippen LogP contribution in [0.25, 0.3) is 4.85 Å². The van der Waals surface area contributed by atoms with Crippen molar-refractivity contribution in [1.82, 2.24) is 0 Å². The lowest BCUT2D eigenvalue weighted by Crippen LogP contribution is -1.91. The molecule has 1 heterocycles. The van der Waals surface area contributed by atoms with Crippen molar-refractivity contribution >= 4 is 23.5 Å². The lowest BCUT2D eigenvalue weighted by atomic mass is 10.2. The molecule has 0 spiro atoms. The molecule has 2 N–H and O–H groups in total. The van der Waals surface area contributed by atoms with Crippen LogP contribution in [0.1, 0.15) is 5.56 Å². The molecule has 1 aliphatic rings. The predicted molar refractivity (Wildman–Crippen MR) is 72.0 cm³/mol. The first-order valence-corrected chi connectivity index (χ1v) is 6.68. The Hall–Kier alpha value is -1.96. The number of hydrogen-bond donors (Lipinski definition) is 2. The third kappa shape index (κ3) is 1.97. The van der Waals surface area contributed by atoms with Gasteiger partial charge in [-0.1, -0.05) is 23.5 Å². The van der Waals surface area contributed by atoms with Crippen molar-refractivity contribution in [2.75, 3.05) is 7.11 Å². The van der Waals surface area contributed by atoms with Gasteiger partial charge in [-0.25, -0.2) is 10.1 Å². The molecule has 96 valence electrons. The van der Waals surface area contributed by atoms with Crippen molar-refractivity contribution in [3.63, 3.8) is 0 Å². The number of rotatable bonds is 1. The molecule has 0 atom stereocenters. The Bertz CT molecular complexity index is 668. The van der Waals surface area contributed by atoms with Gasteiger partial charge in [0.25, 0.3) is 5.70 Å². The fraction of sp³-hybridized carbons (Fsp3) is 0.167. The summed E-state index contributed by atoms with van der Waals surface area (Å²) in [6, 6.07) is 1.80. The first-order chi connectivity index (χ1) is 9.04. The number of methoxy groups -OCH3 is 1. The molecule has 0 aliphatic carbocycles. The van der Waals surface area contributed by atoms with E-state index < -0.39 is 0 Å². The first kappa shape index (κ1) is 13.5. The monoisotopic (exact) mass is 292 g/mol. The van der Waals surface area contributed by atoms with E-state index >= 15 is 0 Å². The van der Waals surface area contributed by atoms with Crippen LogP contribution in [-0.2, 0) is 0 Å². The Kier molecular flexibility index (Phi) is 3.52. The van der Waals surface area contributed by atoms with Gasteiger partial charge < -0.3 is 14.9 Å². The number of allylic oxidation sites excluding steroid dienone is 1. The minimum absolute atomic E-state index is 0.000537. The molecule has 1 aliphatic heterocycles. The maximum absolute atomic E-state index is 10.1. The highest BCUT2D eigenvalue weighted by Gasteiger charge is 2.31. The Labute approximate surface area is 118 Å². The van der Waals surface area contributed by atoms with Gasteiger partial charge in [0.15, 0.2) is 11.5 Å². The molecule has 0 unspecified atom stereocenters. The quantitative estimate of drug-likeness (QED) is 0.470. The molecule has 0 saturated heterocycles. The number of ether oxygens (including phenoxy) is 1. The van der Waals surface area contributed by atoms with Gasteiger partial charge in [-0.05, 0) is 6.92 Å². The van der Waals surface area contributed by atoms with Crippen LogP contribution in [0.5, 0.6) is 17.2 Å². The minimum atomic E-state index is -0.0810. The summed E-state index contributed by atoms with van der Waals surface area (Å²) >= 11 is 2.20. The maximum atomic E-state index is 10.1. The topological polar surface area (TPSA) is 77.8 Å². The minimum Gasteiger partial charge on any atom is -0.506 e. The van der Waals surface area contributed by atoms with Crippen molar-refractivity contribution < 1.29 is 14.9 Å².